The molecule has 4 heteroatoms. The monoisotopic (exact) mass is 283 g/mol. The van der Waals surface area contributed by atoms with Gasteiger partial charge in [-0.15, -0.1) is 0 Å². The predicted octanol–water partition coefficient (Wildman–Crippen LogP) is 3.16. The van der Waals surface area contributed by atoms with Crippen LogP contribution in [0.4, 0.5) is 5.69 Å². The molecule has 0 aliphatic heterocycles. The lowest BCUT2D eigenvalue weighted by molar-refractivity contribution is -0.107. The zero-order chi connectivity index (χ0) is 15.4. The minimum absolute atomic E-state index is 0.239. The number of carbonyl (C=O) groups excluding carboxylic acids is 1. The molecule has 0 aliphatic rings. The second-order valence-electron chi connectivity index (χ2n) is 5.00. The molecule has 0 aromatic heterocycles. The fourth-order valence-corrected chi connectivity index (χ4v) is 2.04. The van der Waals surface area contributed by atoms with Gasteiger partial charge in [0.25, 0.3) is 0 Å². The molecule has 2 rings (SSSR count). The summed E-state index contributed by atoms with van der Waals surface area (Å²) in [5, 5.41) is 8.87. The summed E-state index contributed by atoms with van der Waals surface area (Å²) in [4.78, 5) is 23.7. The van der Waals surface area contributed by atoms with Crippen LogP contribution in [0, 0.1) is 13.8 Å². The number of carboxylic acids is 1. The fraction of sp³-hybridized carbons (Fsp3) is 0.176. The topological polar surface area (TPSA) is 57.6 Å². The molecule has 4 nitrogen and oxygen atoms in total. The van der Waals surface area contributed by atoms with Gasteiger partial charge in [0, 0.05) is 5.69 Å². The minimum Gasteiger partial charge on any atom is -0.478 e. The molecule has 2 aromatic carbocycles. The van der Waals surface area contributed by atoms with Crippen LogP contribution in [0.2, 0.25) is 0 Å². The SMILES string of the molecule is Cc1ccc(N(C=O)Cc2ccc(C(=O)O)cc2)cc1C. The smallest absolute Gasteiger partial charge is 0.335 e. The Morgan fingerprint density at radius 3 is 2.29 bits per heavy atom. The maximum Gasteiger partial charge on any atom is 0.335 e. The van der Waals surface area contributed by atoms with Gasteiger partial charge in [-0.2, -0.15) is 0 Å². The average molecular weight is 283 g/mol. The number of hydrogen-bond donors (Lipinski definition) is 1. The Bertz CT molecular complexity index is 662. The molecule has 0 saturated heterocycles. The van der Waals surface area contributed by atoms with Crippen molar-refractivity contribution in [2.24, 2.45) is 0 Å². The van der Waals surface area contributed by atoms with Gasteiger partial charge in [0.2, 0.25) is 6.41 Å². The van der Waals surface area contributed by atoms with E-state index in [9.17, 15) is 9.59 Å². The minimum atomic E-state index is -0.956. The molecule has 0 saturated carbocycles. The summed E-state index contributed by atoms with van der Waals surface area (Å²) < 4.78 is 0. The molecule has 108 valence electrons. The zero-order valence-corrected chi connectivity index (χ0v) is 12.0. The number of aryl methyl sites for hydroxylation is 2. The molecular formula is C17H17NO3. The summed E-state index contributed by atoms with van der Waals surface area (Å²) in [7, 11) is 0. The normalized spacial score (nSPS) is 10.2. The van der Waals surface area contributed by atoms with E-state index in [0.29, 0.717) is 6.54 Å². The van der Waals surface area contributed by atoms with Crippen LogP contribution in [0.3, 0.4) is 0 Å². The Hall–Kier alpha value is -2.62. The quantitative estimate of drug-likeness (QED) is 0.857. The summed E-state index contributed by atoms with van der Waals surface area (Å²) in [6.45, 7) is 4.43. The summed E-state index contributed by atoms with van der Waals surface area (Å²) in [5.41, 5.74) is 4.25. The molecule has 0 unspecified atom stereocenters. The van der Waals surface area contributed by atoms with Crippen molar-refractivity contribution >= 4 is 18.1 Å². The van der Waals surface area contributed by atoms with Gasteiger partial charge < -0.3 is 10.0 Å². The van der Waals surface area contributed by atoms with Crippen molar-refractivity contribution in [2.75, 3.05) is 4.90 Å². The van der Waals surface area contributed by atoms with Crippen LogP contribution < -0.4 is 4.90 Å². The first-order valence-corrected chi connectivity index (χ1v) is 6.62. The summed E-state index contributed by atoms with van der Waals surface area (Å²) >= 11 is 0. The molecule has 21 heavy (non-hydrogen) atoms. The first kappa shape index (κ1) is 14.8. The van der Waals surface area contributed by atoms with Crippen LogP contribution in [0.25, 0.3) is 0 Å². The second-order valence-corrected chi connectivity index (χ2v) is 5.00. The highest BCUT2D eigenvalue weighted by Gasteiger charge is 2.08. The van der Waals surface area contributed by atoms with E-state index >= 15 is 0 Å². The first-order valence-electron chi connectivity index (χ1n) is 6.62. The molecule has 0 aliphatic carbocycles. The van der Waals surface area contributed by atoms with Gasteiger partial charge in [-0.1, -0.05) is 18.2 Å². The van der Waals surface area contributed by atoms with Crippen molar-refractivity contribution in [1.29, 1.82) is 0 Å². The van der Waals surface area contributed by atoms with Gasteiger partial charge in [-0.3, -0.25) is 4.79 Å². The number of carbonyl (C=O) groups is 2. The van der Waals surface area contributed by atoms with Crippen molar-refractivity contribution in [3.05, 3.63) is 64.7 Å². The van der Waals surface area contributed by atoms with E-state index in [1.54, 1.807) is 29.2 Å². The summed E-state index contributed by atoms with van der Waals surface area (Å²) in [5.74, 6) is -0.956. The van der Waals surface area contributed by atoms with Crippen LogP contribution in [0.1, 0.15) is 27.0 Å². The molecule has 2 aromatic rings. The van der Waals surface area contributed by atoms with Gasteiger partial charge in [0.1, 0.15) is 0 Å². The number of benzene rings is 2. The Morgan fingerprint density at radius 2 is 1.76 bits per heavy atom. The lowest BCUT2D eigenvalue weighted by Gasteiger charge is -2.18. The first-order chi connectivity index (χ1) is 10.0. The average Bonchev–Trinajstić information content (AvgIpc) is 2.48. The number of aromatic carboxylic acids is 1. The van der Waals surface area contributed by atoms with E-state index in [2.05, 4.69) is 0 Å². The number of amides is 1. The zero-order valence-electron chi connectivity index (χ0n) is 12.0. The maximum atomic E-state index is 11.3. The van der Waals surface area contributed by atoms with Gasteiger partial charge in [0.05, 0.1) is 12.1 Å². The molecule has 0 spiro atoms. The molecular weight excluding hydrogens is 266 g/mol. The van der Waals surface area contributed by atoms with Crippen LogP contribution in [0.5, 0.6) is 0 Å². The van der Waals surface area contributed by atoms with Crippen molar-refractivity contribution in [3.8, 4) is 0 Å². The predicted molar refractivity (Wildman–Crippen MR) is 81.6 cm³/mol. The molecule has 0 radical (unpaired) electrons. The summed E-state index contributed by atoms with van der Waals surface area (Å²) in [6, 6.07) is 12.4. The number of rotatable bonds is 5. The van der Waals surface area contributed by atoms with Crippen LogP contribution in [-0.4, -0.2) is 17.5 Å². The van der Waals surface area contributed by atoms with Crippen molar-refractivity contribution in [3.63, 3.8) is 0 Å². The highest BCUT2D eigenvalue weighted by molar-refractivity contribution is 5.87. The molecule has 0 atom stereocenters. The van der Waals surface area contributed by atoms with Crippen molar-refractivity contribution in [1.82, 2.24) is 0 Å². The molecule has 1 N–H and O–H groups in total. The number of hydrogen-bond acceptors (Lipinski definition) is 2. The van der Waals surface area contributed by atoms with Crippen molar-refractivity contribution in [2.45, 2.75) is 20.4 Å². The highest BCUT2D eigenvalue weighted by atomic mass is 16.4. The van der Waals surface area contributed by atoms with E-state index in [-0.39, 0.29) is 5.56 Å². The Kier molecular flexibility index (Phi) is 4.38. The van der Waals surface area contributed by atoms with Gasteiger partial charge in [-0.25, -0.2) is 4.79 Å². The lowest BCUT2D eigenvalue weighted by atomic mass is 10.1. The maximum absolute atomic E-state index is 11.3. The third kappa shape index (κ3) is 3.48. The number of nitrogens with zero attached hydrogens (tertiary/aromatic N) is 1. The van der Waals surface area contributed by atoms with E-state index < -0.39 is 5.97 Å². The Balaban J connectivity index is 2.20. The molecule has 0 heterocycles. The largest absolute Gasteiger partial charge is 0.478 e. The Labute approximate surface area is 123 Å². The van der Waals surface area contributed by atoms with E-state index in [0.717, 1.165) is 23.2 Å². The molecule has 0 bridgehead atoms. The lowest BCUT2D eigenvalue weighted by Crippen LogP contribution is -2.20. The van der Waals surface area contributed by atoms with E-state index in [4.69, 9.17) is 5.11 Å². The van der Waals surface area contributed by atoms with E-state index in [1.165, 1.54) is 5.56 Å². The fourth-order valence-electron chi connectivity index (χ4n) is 2.04. The molecule has 0 fully saturated rings. The number of anilines is 1. The third-order valence-electron chi connectivity index (χ3n) is 3.50. The summed E-state index contributed by atoms with van der Waals surface area (Å²) in [6.07, 6.45) is 0.787. The highest BCUT2D eigenvalue weighted by Crippen LogP contribution is 2.20. The van der Waals surface area contributed by atoms with Gasteiger partial charge >= 0.3 is 5.97 Å². The van der Waals surface area contributed by atoms with Crippen molar-refractivity contribution < 1.29 is 14.7 Å². The Morgan fingerprint density at radius 1 is 1.10 bits per heavy atom. The van der Waals surface area contributed by atoms with Crippen LogP contribution in [-0.2, 0) is 11.3 Å². The second kappa shape index (κ2) is 6.22. The van der Waals surface area contributed by atoms with Gasteiger partial charge in [0.15, 0.2) is 0 Å². The van der Waals surface area contributed by atoms with Crippen LogP contribution >= 0.6 is 0 Å². The molecule has 1 amide bonds. The standard InChI is InChI=1S/C17H17NO3/c1-12-3-8-16(9-13(12)2)18(11-19)10-14-4-6-15(7-5-14)17(20)21/h3-9,11H,10H2,1-2H3,(H,20,21). The number of carboxylic acid groups (broad SMARTS) is 1. The third-order valence-corrected chi connectivity index (χ3v) is 3.50. The van der Waals surface area contributed by atoms with E-state index in [1.807, 2.05) is 32.0 Å². The van der Waals surface area contributed by atoms with Crippen LogP contribution in [0.15, 0.2) is 42.5 Å². The van der Waals surface area contributed by atoms with Gasteiger partial charge in [-0.05, 0) is 54.8 Å².